The lowest BCUT2D eigenvalue weighted by Crippen LogP contribution is -1.87. The van der Waals surface area contributed by atoms with Crippen LogP contribution >= 0.6 is 0 Å². The van der Waals surface area contributed by atoms with Gasteiger partial charge in [-0.1, -0.05) is 30.3 Å². The van der Waals surface area contributed by atoms with E-state index in [0.29, 0.717) is 6.54 Å². The lowest BCUT2D eigenvalue weighted by Gasteiger charge is -1.90. The van der Waals surface area contributed by atoms with E-state index in [4.69, 9.17) is 0 Å². The van der Waals surface area contributed by atoms with Gasteiger partial charge in [0.2, 0.25) is 0 Å². The third kappa shape index (κ3) is 3.10. The molecule has 0 amide bonds. The van der Waals surface area contributed by atoms with Gasteiger partial charge in [-0.15, -0.1) is 0 Å². The van der Waals surface area contributed by atoms with Gasteiger partial charge in [0.15, 0.2) is 0 Å². The molecule has 0 saturated carbocycles. The minimum atomic E-state index is 0.698. The highest BCUT2D eigenvalue weighted by atomic mass is 14.8. The summed E-state index contributed by atoms with van der Waals surface area (Å²) in [5.41, 5.74) is 1.13. The number of benzene rings is 1. The Bertz CT molecular complexity index is 252. The number of rotatable bonds is 4. The maximum Gasteiger partial charge on any atom is 0.0585 e. The van der Waals surface area contributed by atoms with Crippen molar-refractivity contribution in [1.29, 1.82) is 0 Å². The molecule has 1 aromatic carbocycles. The minimum Gasteiger partial charge on any atom is -0.299 e. The first kappa shape index (κ1) is 8.65. The molecule has 0 fully saturated rings. The van der Waals surface area contributed by atoms with Crippen LogP contribution in [0, 0.1) is 0 Å². The standard InChI is InChI=1S/C10H12N2/c1-11-7-8-12-9-10-5-3-2-4-6-10/h2-6,9H,1,7-8H2. The molecule has 0 aliphatic heterocycles. The second kappa shape index (κ2) is 5.24. The molecule has 0 aliphatic carbocycles. The monoisotopic (exact) mass is 160 g/mol. The van der Waals surface area contributed by atoms with E-state index in [2.05, 4.69) is 16.7 Å². The van der Waals surface area contributed by atoms with Crippen molar-refractivity contribution >= 4 is 12.9 Å². The first-order chi connectivity index (χ1) is 5.93. The van der Waals surface area contributed by atoms with Gasteiger partial charge in [0.05, 0.1) is 13.1 Å². The van der Waals surface area contributed by atoms with E-state index in [0.717, 1.165) is 12.1 Å². The second-order valence-electron chi connectivity index (χ2n) is 2.39. The number of nitrogens with zero attached hydrogens (tertiary/aromatic N) is 2. The van der Waals surface area contributed by atoms with Crippen molar-refractivity contribution in [2.45, 2.75) is 0 Å². The van der Waals surface area contributed by atoms with Crippen molar-refractivity contribution in [2.75, 3.05) is 13.1 Å². The molecule has 62 valence electrons. The van der Waals surface area contributed by atoms with E-state index in [9.17, 15) is 0 Å². The quantitative estimate of drug-likeness (QED) is 0.474. The van der Waals surface area contributed by atoms with Crippen LogP contribution in [0.1, 0.15) is 5.56 Å². The maximum absolute atomic E-state index is 4.17. The fraction of sp³-hybridized carbons (Fsp3) is 0.200. The van der Waals surface area contributed by atoms with Crippen LogP contribution in [0.15, 0.2) is 40.3 Å². The maximum atomic E-state index is 4.17. The van der Waals surface area contributed by atoms with Crippen LogP contribution in [0.25, 0.3) is 0 Å². The van der Waals surface area contributed by atoms with Gasteiger partial charge in [-0.3, -0.25) is 9.98 Å². The van der Waals surface area contributed by atoms with E-state index < -0.39 is 0 Å². The third-order valence-electron chi connectivity index (χ3n) is 1.43. The molecule has 0 atom stereocenters. The zero-order chi connectivity index (χ0) is 8.65. The van der Waals surface area contributed by atoms with Gasteiger partial charge in [-0.25, -0.2) is 0 Å². The molecule has 0 saturated heterocycles. The highest BCUT2D eigenvalue weighted by Crippen LogP contribution is 1.93. The first-order valence-corrected chi connectivity index (χ1v) is 3.91. The van der Waals surface area contributed by atoms with Crippen molar-refractivity contribution in [3.63, 3.8) is 0 Å². The van der Waals surface area contributed by atoms with Crippen LogP contribution in [0.3, 0.4) is 0 Å². The van der Waals surface area contributed by atoms with Gasteiger partial charge in [0.1, 0.15) is 0 Å². The molecule has 12 heavy (non-hydrogen) atoms. The SMILES string of the molecule is C=NCCN=Cc1ccccc1. The second-order valence-corrected chi connectivity index (χ2v) is 2.39. The molecule has 0 N–H and O–H groups in total. The van der Waals surface area contributed by atoms with Gasteiger partial charge >= 0.3 is 0 Å². The van der Waals surface area contributed by atoms with E-state index in [1.54, 1.807) is 0 Å². The van der Waals surface area contributed by atoms with Crippen molar-refractivity contribution in [1.82, 2.24) is 0 Å². The Labute approximate surface area is 72.7 Å². The molecule has 2 heteroatoms. The Balaban J connectivity index is 2.41. The molecular weight excluding hydrogens is 148 g/mol. The topological polar surface area (TPSA) is 24.7 Å². The number of hydrogen-bond acceptors (Lipinski definition) is 2. The normalized spacial score (nSPS) is 10.3. The summed E-state index contributed by atoms with van der Waals surface area (Å²) in [6.07, 6.45) is 1.85. The zero-order valence-corrected chi connectivity index (χ0v) is 6.98. The summed E-state index contributed by atoms with van der Waals surface area (Å²) < 4.78 is 0. The molecule has 0 aliphatic rings. The summed E-state index contributed by atoms with van der Waals surface area (Å²) in [4.78, 5) is 7.88. The Morgan fingerprint density at radius 3 is 2.58 bits per heavy atom. The predicted molar refractivity (Wildman–Crippen MR) is 53.3 cm³/mol. The Kier molecular flexibility index (Phi) is 3.78. The molecule has 2 nitrogen and oxygen atoms in total. The van der Waals surface area contributed by atoms with Gasteiger partial charge in [-0.05, 0) is 12.3 Å². The van der Waals surface area contributed by atoms with Crippen molar-refractivity contribution in [3.05, 3.63) is 35.9 Å². The van der Waals surface area contributed by atoms with Crippen LogP contribution < -0.4 is 0 Å². The van der Waals surface area contributed by atoms with Gasteiger partial charge in [0.25, 0.3) is 0 Å². The predicted octanol–water partition coefficient (Wildman–Crippen LogP) is 1.81. The minimum absolute atomic E-state index is 0.698. The molecule has 0 heterocycles. The van der Waals surface area contributed by atoms with Crippen LogP contribution in [-0.2, 0) is 0 Å². The molecule has 1 rings (SSSR count). The average Bonchev–Trinajstić information content (AvgIpc) is 2.14. The summed E-state index contributed by atoms with van der Waals surface area (Å²) in [7, 11) is 0. The summed E-state index contributed by atoms with van der Waals surface area (Å²) in [5.74, 6) is 0. The van der Waals surface area contributed by atoms with Crippen LogP contribution in [0.2, 0.25) is 0 Å². The van der Waals surface area contributed by atoms with E-state index in [1.165, 1.54) is 0 Å². The van der Waals surface area contributed by atoms with Crippen molar-refractivity contribution in [2.24, 2.45) is 9.98 Å². The Hall–Kier alpha value is -1.44. The van der Waals surface area contributed by atoms with Crippen LogP contribution in [0.5, 0.6) is 0 Å². The number of aliphatic imine (C=N–C) groups is 2. The van der Waals surface area contributed by atoms with Crippen LogP contribution in [-0.4, -0.2) is 26.0 Å². The zero-order valence-electron chi connectivity index (χ0n) is 6.98. The summed E-state index contributed by atoms with van der Waals surface area (Å²) in [5, 5.41) is 0. The van der Waals surface area contributed by atoms with Crippen molar-refractivity contribution in [3.8, 4) is 0 Å². The summed E-state index contributed by atoms with van der Waals surface area (Å²) >= 11 is 0. The van der Waals surface area contributed by atoms with Gasteiger partial charge in [-0.2, -0.15) is 0 Å². The largest absolute Gasteiger partial charge is 0.299 e. The Morgan fingerprint density at radius 2 is 1.92 bits per heavy atom. The molecule has 0 unspecified atom stereocenters. The van der Waals surface area contributed by atoms with Crippen LogP contribution in [0.4, 0.5) is 0 Å². The smallest absolute Gasteiger partial charge is 0.0585 e. The number of hydrogen-bond donors (Lipinski definition) is 0. The van der Waals surface area contributed by atoms with E-state index in [1.807, 2.05) is 36.5 Å². The molecule has 1 aromatic rings. The fourth-order valence-corrected chi connectivity index (χ4v) is 0.838. The molecule has 0 aromatic heterocycles. The summed E-state index contributed by atoms with van der Waals surface area (Å²) in [6, 6.07) is 10.0. The Morgan fingerprint density at radius 1 is 1.17 bits per heavy atom. The van der Waals surface area contributed by atoms with Gasteiger partial charge < -0.3 is 0 Å². The highest BCUT2D eigenvalue weighted by Gasteiger charge is 1.82. The lowest BCUT2D eigenvalue weighted by molar-refractivity contribution is 0.988. The summed E-state index contributed by atoms with van der Waals surface area (Å²) in [6.45, 7) is 4.80. The third-order valence-corrected chi connectivity index (χ3v) is 1.43. The van der Waals surface area contributed by atoms with E-state index in [-0.39, 0.29) is 0 Å². The first-order valence-electron chi connectivity index (χ1n) is 3.91. The average molecular weight is 160 g/mol. The molecule has 0 bridgehead atoms. The molecular formula is C10H12N2. The lowest BCUT2D eigenvalue weighted by atomic mass is 10.2. The molecule has 0 spiro atoms. The van der Waals surface area contributed by atoms with E-state index >= 15 is 0 Å². The molecule has 0 radical (unpaired) electrons. The van der Waals surface area contributed by atoms with Crippen molar-refractivity contribution < 1.29 is 0 Å². The fourth-order valence-electron chi connectivity index (χ4n) is 0.838. The van der Waals surface area contributed by atoms with Gasteiger partial charge in [0, 0.05) is 6.21 Å². The highest BCUT2D eigenvalue weighted by molar-refractivity contribution is 5.79.